The third-order valence-electron chi connectivity index (χ3n) is 3.48. The molecule has 1 N–H and O–H groups in total. The van der Waals surface area contributed by atoms with Gasteiger partial charge in [-0.25, -0.2) is 9.67 Å². The Hall–Kier alpha value is -2.46. The lowest BCUT2D eigenvalue weighted by Gasteiger charge is -2.24. The zero-order chi connectivity index (χ0) is 14.0. The van der Waals surface area contributed by atoms with Crippen molar-refractivity contribution in [3.8, 4) is 6.07 Å². The van der Waals surface area contributed by atoms with Crippen LogP contribution in [0.1, 0.15) is 12.1 Å². The van der Waals surface area contributed by atoms with E-state index in [1.165, 1.54) is 0 Å². The Morgan fingerprint density at radius 2 is 2.35 bits per heavy atom. The van der Waals surface area contributed by atoms with Crippen LogP contribution in [0.15, 0.2) is 30.7 Å². The van der Waals surface area contributed by atoms with Gasteiger partial charge in [-0.2, -0.15) is 5.26 Å². The molecule has 7 nitrogen and oxygen atoms in total. The Bertz CT molecular complexity index is 635. The Kier molecular flexibility index (Phi) is 3.08. The van der Waals surface area contributed by atoms with E-state index in [0.29, 0.717) is 25.2 Å². The van der Waals surface area contributed by atoms with E-state index in [1.54, 1.807) is 29.3 Å². The lowest BCUT2D eigenvalue weighted by molar-refractivity contribution is 0.0409. The van der Waals surface area contributed by atoms with Gasteiger partial charge in [-0.3, -0.25) is 0 Å². The molecule has 3 heterocycles. The van der Waals surface area contributed by atoms with Crippen LogP contribution in [0.3, 0.4) is 0 Å². The van der Waals surface area contributed by atoms with E-state index in [1.807, 2.05) is 12.1 Å². The molecule has 0 radical (unpaired) electrons. The lowest BCUT2D eigenvalue weighted by atomic mass is 10.0. The number of hydrogen-bond acceptors (Lipinski definition) is 6. The molecule has 2 aromatic heterocycles. The maximum Gasteiger partial charge on any atom is 0.142 e. The number of aliphatic hydroxyl groups is 1. The van der Waals surface area contributed by atoms with E-state index in [9.17, 15) is 5.11 Å². The standard InChI is InChI=1S/C13H14N6O/c14-8-11-7-12(1-3-15-11)18-5-2-13(20,9-18)10-19-6-4-16-17-19/h1,3-4,6-7,20H,2,5,9-10H2. The highest BCUT2D eigenvalue weighted by Crippen LogP contribution is 2.27. The highest BCUT2D eigenvalue weighted by molar-refractivity contribution is 5.50. The van der Waals surface area contributed by atoms with Gasteiger partial charge >= 0.3 is 0 Å². The summed E-state index contributed by atoms with van der Waals surface area (Å²) >= 11 is 0. The van der Waals surface area contributed by atoms with Gasteiger partial charge in [-0.15, -0.1) is 5.10 Å². The summed E-state index contributed by atoms with van der Waals surface area (Å²) < 4.78 is 1.64. The summed E-state index contributed by atoms with van der Waals surface area (Å²) in [5, 5.41) is 27.1. The first-order valence-electron chi connectivity index (χ1n) is 6.36. The summed E-state index contributed by atoms with van der Waals surface area (Å²) in [6, 6.07) is 5.61. The van der Waals surface area contributed by atoms with Crippen molar-refractivity contribution < 1.29 is 5.11 Å². The van der Waals surface area contributed by atoms with Gasteiger partial charge in [0.05, 0.1) is 12.7 Å². The third-order valence-corrected chi connectivity index (χ3v) is 3.48. The molecule has 7 heteroatoms. The van der Waals surface area contributed by atoms with Crippen LogP contribution in [-0.2, 0) is 6.54 Å². The average molecular weight is 270 g/mol. The van der Waals surface area contributed by atoms with E-state index >= 15 is 0 Å². The Balaban J connectivity index is 1.74. The van der Waals surface area contributed by atoms with Gasteiger partial charge in [-0.1, -0.05) is 5.21 Å². The summed E-state index contributed by atoms with van der Waals surface area (Å²) in [4.78, 5) is 6.01. The summed E-state index contributed by atoms with van der Waals surface area (Å²) in [6.07, 6.45) is 5.60. The molecule has 1 fully saturated rings. The summed E-state index contributed by atoms with van der Waals surface area (Å²) in [5.74, 6) is 0. The van der Waals surface area contributed by atoms with Gasteiger partial charge in [0.15, 0.2) is 0 Å². The van der Waals surface area contributed by atoms with Crippen LogP contribution in [0.5, 0.6) is 0 Å². The summed E-state index contributed by atoms with van der Waals surface area (Å²) in [7, 11) is 0. The number of aromatic nitrogens is 4. The number of β-amino-alcohol motifs (C(OH)–C–C–N with tert-alkyl or cyclic N) is 1. The Labute approximate surface area is 116 Å². The molecule has 1 atom stereocenters. The molecule has 0 amide bonds. The van der Waals surface area contributed by atoms with Gasteiger partial charge in [0.1, 0.15) is 17.4 Å². The van der Waals surface area contributed by atoms with Crippen LogP contribution >= 0.6 is 0 Å². The molecule has 102 valence electrons. The van der Waals surface area contributed by atoms with Crippen LogP contribution in [0, 0.1) is 11.3 Å². The van der Waals surface area contributed by atoms with Gasteiger partial charge in [0, 0.05) is 31.2 Å². The number of anilines is 1. The SMILES string of the molecule is N#Cc1cc(N2CCC(O)(Cn3ccnn3)C2)ccn1. The molecule has 1 aliphatic heterocycles. The van der Waals surface area contributed by atoms with Gasteiger partial charge in [0.25, 0.3) is 0 Å². The minimum atomic E-state index is -0.830. The first-order valence-corrected chi connectivity index (χ1v) is 6.36. The minimum absolute atomic E-state index is 0.384. The van der Waals surface area contributed by atoms with Crippen molar-refractivity contribution in [2.24, 2.45) is 0 Å². The highest BCUT2D eigenvalue weighted by Gasteiger charge is 2.37. The van der Waals surface area contributed by atoms with E-state index in [4.69, 9.17) is 5.26 Å². The first kappa shape index (κ1) is 12.6. The molecule has 3 rings (SSSR count). The molecule has 1 aliphatic rings. The highest BCUT2D eigenvalue weighted by atomic mass is 16.3. The number of hydrogen-bond donors (Lipinski definition) is 1. The van der Waals surface area contributed by atoms with Gasteiger partial charge in [0.2, 0.25) is 0 Å². The second-order valence-corrected chi connectivity index (χ2v) is 5.01. The average Bonchev–Trinajstić information content (AvgIpc) is 3.09. The predicted molar refractivity (Wildman–Crippen MR) is 70.8 cm³/mol. The Morgan fingerprint density at radius 3 is 3.10 bits per heavy atom. The largest absolute Gasteiger partial charge is 0.386 e. The molecule has 0 aromatic carbocycles. The smallest absolute Gasteiger partial charge is 0.142 e. The molecule has 20 heavy (non-hydrogen) atoms. The van der Waals surface area contributed by atoms with E-state index in [2.05, 4.69) is 20.2 Å². The van der Waals surface area contributed by atoms with Crippen molar-refractivity contribution in [1.29, 1.82) is 5.26 Å². The molecule has 2 aromatic rings. The van der Waals surface area contributed by atoms with E-state index < -0.39 is 5.60 Å². The maximum atomic E-state index is 10.6. The van der Waals surface area contributed by atoms with Crippen molar-refractivity contribution in [2.45, 2.75) is 18.6 Å². The predicted octanol–water partition coefficient (Wildman–Crippen LogP) is 0.186. The molecular formula is C13H14N6O. The normalized spacial score (nSPS) is 21.9. The van der Waals surface area contributed by atoms with Gasteiger partial charge < -0.3 is 10.0 Å². The molecule has 1 unspecified atom stereocenters. The number of nitrogens with zero attached hydrogens (tertiary/aromatic N) is 6. The lowest BCUT2D eigenvalue weighted by Crippen LogP contribution is -2.37. The number of nitriles is 1. The topological polar surface area (TPSA) is 90.9 Å². The molecule has 1 saturated heterocycles. The zero-order valence-corrected chi connectivity index (χ0v) is 10.8. The first-order chi connectivity index (χ1) is 9.68. The molecule has 0 saturated carbocycles. The van der Waals surface area contributed by atoms with Crippen LogP contribution in [0.2, 0.25) is 0 Å². The second kappa shape index (κ2) is 4.90. The molecule has 0 bridgehead atoms. The van der Waals surface area contributed by atoms with E-state index in [0.717, 1.165) is 12.2 Å². The second-order valence-electron chi connectivity index (χ2n) is 5.01. The van der Waals surface area contributed by atoms with Crippen LogP contribution in [0.4, 0.5) is 5.69 Å². The van der Waals surface area contributed by atoms with Crippen molar-refractivity contribution in [2.75, 3.05) is 18.0 Å². The van der Waals surface area contributed by atoms with Crippen molar-refractivity contribution in [3.63, 3.8) is 0 Å². The van der Waals surface area contributed by atoms with Crippen LogP contribution in [0.25, 0.3) is 0 Å². The van der Waals surface area contributed by atoms with Crippen LogP contribution < -0.4 is 4.90 Å². The summed E-state index contributed by atoms with van der Waals surface area (Å²) in [6.45, 7) is 1.65. The van der Waals surface area contributed by atoms with E-state index in [-0.39, 0.29) is 0 Å². The monoisotopic (exact) mass is 270 g/mol. The maximum absolute atomic E-state index is 10.6. The van der Waals surface area contributed by atoms with Crippen molar-refractivity contribution >= 4 is 5.69 Å². The molecular weight excluding hydrogens is 256 g/mol. The fourth-order valence-corrected chi connectivity index (χ4v) is 2.50. The third kappa shape index (κ3) is 2.46. The molecule has 0 spiro atoms. The van der Waals surface area contributed by atoms with Crippen LogP contribution in [-0.4, -0.2) is 43.8 Å². The fraction of sp³-hybridized carbons (Fsp3) is 0.385. The van der Waals surface area contributed by atoms with Gasteiger partial charge in [-0.05, 0) is 18.6 Å². The number of pyridine rings is 1. The fourth-order valence-electron chi connectivity index (χ4n) is 2.50. The minimum Gasteiger partial charge on any atom is -0.386 e. The molecule has 0 aliphatic carbocycles. The Morgan fingerprint density at radius 1 is 1.45 bits per heavy atom. The number of rotatable bonds is 3. The quantitative estimate of drug-likeness (QED) is 0.856. The van der Waals surface area contributed by atoms with Crippen molar-refractivity contribution in [1.82, 2.24) is 20.0 Å². The van der Waals surface area contributed by atoms with Crippen molar-refractivity contribution in [3.05, 3.63) is 36.4 Å². The summed E-state index contributed by atoms with van der Waals surface area (Å²) in [5.41, 5.74) is 0.462. The zero-order valence-electron chi connectivity index (χ0n) is 10.8.